The molecule has 0 bridgehead atoms. The fourth-order valence-electron chi connectivity index (χ4n) is 2.70. The lowest BCUT2D eigenvalue weighted by atomic mass is 9.95. The number of hydrogen-bond donors (Lipinski definition) is 1. The Kier molecular flexibility index (Phi) is 3.12. The number of hydrogen-bond acceptors (Lipinski definition) is 5. The summed E-state index contributed by atoms with van der Waals surface area (Å²) < 4.78 is 16.2. The summed E-state index contributed by atoms with van der Waals surface area (Å²) >= 11 is 0. The normalized spacial score (nSPS) is 17.3. The minimum absolute atomic E-state index is 0.0982. The van der Waals surface area contributed by atoms with Crippen LogP contribution in [0.5, 0.6) is 23.0 Å². The first-order valence-electron chi connectivity index (χ1n) is 6.66. The van der Waals surface area contributed by atoms with Gasteiger partial charge in [0.05, 0.1) is 19.6 Å². The lowest BCUT2D eigenvalue weighted by Gasteiger charge is -2.24. The van der Waals surface area contributed by atoms with Crippen molar-refractivity contribution in [3.05, 3.63) is 23.8 Å². The largest absolute Gasteiger partial charge is 0.506 e. The molecule has 0 fully saturated rings. The van der Waals surface area contributed by atoms with Crippen LogP contribution in [0.3, 0.4) is 0 Å². The monoisotopic (exact) mass is 288 g/mol. The van der Waals surface area contributed by atoms with E-state index in [1.165, 1.54) is 7.11 Å². The van der Waals surface area contributed by atoms with E-state index in [9.17, 15) is 9.90 Å². The molecule has 0 saturated heterocycles. The van der Waals surface area contributed by atoms with Crippen molar-refractivity contribution in [2.24, 2.45) is 0 Å². The molecule has 0 spiro atoms. The van der Waals surface area contributed by atoms with Gasteiger partial charge in [-0.1, -0.05) is 0 Å². The van der Waals surface area contributed by atoms with Crippen LogP contribution in [0.2, 0.25) is 0 Å². The zero-order valence-corrected chi connectivity index (χ0v) is 12.1. The molecular formula is C16H16O5. The van der Waals surface area contributed by atoms with Crippen molar-refractivity contribution >= 4 is 16.6 Å². The number of ether oxygens (including phenoxy) is 3. The van der Waals surface area contributed by atoms with Crippen molar-refractivity contribution in [3.63, 3.8) is 0 Å². The maximum Gasteiger partial charge on any atom is 0.174 e. The molecule has 5 nitrogen and oxygen atoms in total. The van der Waals surface area contributed by atoms with Crippen LogP contribution < -0.4 is 14.2 Å². The Morgan fingerprint density at radius 1 is 1.24 bits per heavy atom. The third-order valence-electron chi connectivity index (χ3n) is 3.65. The molecule has 0 saturated carbocycles. The van der Waals surface area contributed by atoms with Gasteiger partial charge in [-0.15, -0.1) is 0 Å². The third kappa shape index (κ3) is 2.05. The fourth-order valence-corrected chi connectivity index (χ4v) is 2.70. The molecule has 1 aliphatic rings. The van der Waals surface area contributed by atoms with Crippen LogP contribution in [0.25, 0.3) is 10.8 Å². The van der Waals surface area contributed by atoms with Crippen LogP contribution in [0.1, 0.15) is 23.7 Å². The van der Waals surface area contributed by atoms with Gasteiger partial charge in [-0.25, -0.2) is 0 Å². The number of rotatable bonds is 2. The zero-order chi connectivity index (χ0) is 15.1. The first kappa shape index (κ1) is 13.5. The Hall–Kier alpha value is -2.43. The summed E-state index contributed by atoms with van der Waals surface area (Å²) in [4.78, 5) is 12.2. The molecule has 5 heteroatoms. The van der Waals surface area contributed by atoms with E-state index in [1.54, 1.807) is 25.3 Å². The van der Waals surface area contributed by atoms with E-state index >= 15 is 0 Å². The SMILES string of the molecule is COc1cc(OC)c2c(O)c3c(cc2c1)OC(C)CC3=O. The number of benzene rings is 2. The fraction of sp³-hybridized carbons (Fsp3) is 0.312. The number of methoxy groups -OCH3 is 2. The van der Waals surface area contributed by atoms with Crippen molar-refractivity contribution in [1.29, 1.82) is 0 Å². The summed E-state index contributed by atoms with van der Waals surface area (Å²) in [7, 11) is 3.06. The molecule has 1 unspecified atom stereocenters. The van der Waals surface area contributed by atoms with Crippen LogP contribution in [-0.2, 0) is 0 Å². The van der Waals surface area contributed by atoms with Crippen LogP contribution in [0, 0.1) is 0 Å². The number of carbonyl (C=O) groups excluding carboxylic acids is 1. The van der Waals surface area contributed by atoms with Gasteiger partial charge in [-0.2, -0.15) is 0 Å². The van der Waals surface area contributed by atoms with Gasteiger partial charge in [0.15, 0.2) is 5.78 Å². The zero-order valence-electron chi connectivity index (χ0n) is 12.1. The minimum Gasteiger partial charge on any atom is -0.506 e. The van der Waals surface area contributed by atoms with E-state index in [2.05, 4.69) is 0 Å². The van der Waals surface area contributed by atoms with Crippen molar-refractivity contribution in [2.45, 2.75) is 19.4 Å². The number of fused-ring (bicyclic) bond motifs is 2. The van der Waals surface area contributed by atoms with E-state index in [0.29, 0.717) is 28.0 Å². The molecule has 3 rings (SSSR count). The molecule has 0 radical (unpaired) electrons. The number of carbonyl (C=O) groups is 1. The minimum atomic E-state index is -0.200. The first-order chi connectivity index (χ1) is 10.0. The summed E-state index contributed by atoms with van der Waals surface area (Å²) in [5.41, 5.74) is 0.226. The molecule has 1 heterocycles. The Bertz CT molecular complexity index is 735. The second kappa shape index (κ2) is 4.84. The van der Waals surface area contributed by atoms with Gasteiger partial charge in [-0.3, -0.25) is 4.79 Å². The second-order valence-electron chi connectivity index (χ2n) is 5.08. The summed E-state index contributed by atoms with van der Waals surface area (Å²) in [5.74, 6) is 1.24. The van der Waals surface area contributed by atoms with Crippen LogP contribution >= 0.6 is 0 Å². The maximum atomic E-state index is 12.2. The lowest BCUT2D eigenvalue weighted by molar-refractivity contribution is 0.0867. The Balaban J connectivity index is 2.36. The summed E-state index contributed by atoms with van der Waals surface area (Å²) in [6.45, 7) is 1.83. The van der Waals surface area contributed by atoms with Gasteiger partial charge in [0.1, 0.15) is 34.7 Å². The second-order valence-corrected chi connectivity index (χ2v) is 5.08. The third-order valence-corrected chi connectivity index (χ3v) is 3.65. The lowest BCUT2D eigenvalue weighted by Crippen LogP contribution is -2.24. The molecule has 0 amide bonds. The Morgan fingerprint density at radius 2 is 2.00 bits per heavy atom. The molecule has 21 heavy (non-hydrogen) atoms. The van der Waals surface area contributed by atoms with Gasteiger partial charge in [-0.05, 0) is 24.4 Å². The van der Waals surface area contributed by atoms with Gasteiger partial charge >= 0.3 is 0 Å². The molecule has 1 aliphatic heterocycles. The number of Topliss-reactive ketones (excluding diaryl/α,β-unsaturated/α-hetero) is 1. The molecule has 1 atom stereocenters. The van der Waals surface area contributed by atoms with Crippen molar-refractivity contribution in [3.8, 4) is 23.0 Å². The van der Waals surface area contributed by atoms with Gasteiger partial charge < -0.3 is 19.3 Å². The van der Waals surface area contributed by atoms with E-state index in [0.717, 1.165) is 0 Å². The molecule has 2 aromatic carbocycles. The van der Waals surface area contributed by atoms with E-state index < -0.39 is 0 Å². The number of ketones is 1. The highest BCUT2D eigenvalue weighted by atomic mass is 16.5. The van der Waals surface area contributed by atoms with E-state index in [-0.39, 0.29) is 29.6 Å². The quantitative estimate of drug-likeness (QED) is 0.920. The topological polar surface area (TPSA) is 65.0 Å². The Morgan fingerprint density at radius 3 is 2.67 bits per heavy atom. The molecular weight excluding hydrogens is 272 g/mol. The van der Waals surface area contributed by atoms with E-state index in [4.69, 9.17) is 14.2 Å². The van der Waals surface area contributed by atoms with Crippen LogP contribution in [0.4, 0.5) is 0 Å². The van der Waals surface area contributed by atoms with Crippen molar-refractivity contribution < 1.29 is 24.1 Å². The number of aromatic hydroxyl groups is 1. The molecule has 2 aromatic rings. The number of phenolic OH excluding ortho intramolecular Hbond substituents is 1. The van der Waals surface area contributed by atoms with E-state index in [1.807, 2.05) is 6.92 Å². The molecule has 0 aromatic heterocycles. The summed E-state index contributed by atoms with van der Waals surface area (Å²) in [5, 5.41) is 11.7. The van der Waals surface area contributed by atoms with Gasteiger partial charge in [0.25, 0.3) is 0 Å². The average Bonchev–Trinajstić information content (AvgIpc) is 2.44. The summed E-state index contributed by atoms with van der Waals surface area (Å²) in [6.07, 6.45) is 0.0548. The first-order valence-corrected chi connectivity index (χ1v) is 6.66. The summed E-state index contributed by atoms with van der Waals surface area (Å²) in [6, 6.07) is 5.18. The molecule has 0 aliphatic carbocycles. The molecule has 110 valence electrons. The standard InChI is InChI=1S/C16H16O5/c1-8-4-11(17)15-13(21-8)6-9-5-10(19-2)7-12(20-3)14(9)16(15)18/h5-8,18H,4H2,1-3H3. The highest BCUT2D eigenvalue weighted by molar-refractivity contribution is 6.10. The van der Waals surface area contributed by atoms with Gasteiger partial charge in [0, 0.05) is 12.5 Å². The van der Waals surface area contributed by atoms with Crippen molar-refractivity contribution in [1.82, 2.24) is 0 Å². The van der Waals surface area contributed by atoms with Crippen molar-refractivity contribution in [2.75, 3.05) is 14.2 Å². The molecule has 1 N–H and O–H groups in total. The van der Waals surface area contributed by atoms with Crippen LogP contribution in [0.15, 0.2) is 18.2 Å². The predicted molar refractivity (Wildman–Crippen MR) is 77.8 cm³/mol. The number of phenols is 1. The Labute approximate surface area is 122 Å². The average molecular weight is 288 g/mol. The highest BCUT2D eigenvalue weighted by Crippen LogP contribution is 2.45. The smallest absolute Gasteiger partial charge is 0.174 e. The maximum absolute atomic E-state index is 12.2. The highest BCUT2D eigenvalue weighted by Gasteiger charge is 2.29. The predicted octanol–water partition coefficient (Wildman–Crippen LogP) is 2.92. The van der Waals surface area contributed by atoms with Gasteiger partial charge in [0.2, 0.25) is 0 Å². The van der Waals surface area contributed by atoms with Crippen LogP contribution in [-0.4, -0.2) is 31.2 Å².